The first-order valence-electron chi connectivity index (χ1n) is 5.82. The second-order valence-corrected chi connectivity index (χ2v) is 6.37. The first kappa shape index (κ1) is 11.8. The van der Waals surface area contributed by atoms with Gasteiger partial charge in [-0.2, -0.15) is 0 Å². The van der Waals surface area contributed by atoms with Crippen molar-refractivity contribution in [3.8, 4) is 0 Å². The van der Waals surface area contributed by atoms with Gasteiger partial charge in [-0.1, -0.05) is 12.1 Å². The minimum absolute atomic E-state index is 0.257. The van der Waals surface area contributed by atoms with Crippen molar-refractivity contribution in [2.24, 2.45) is 0 Å². The smallest absolute Gasteiger partial charge is 0.161 e. The van der Waals surface area contributed by atoms with Gasteiger partial charge in [-0.25, -0.2) is 4.98 Å². The third kappa shape index (κ3) is 3.14. The van der Waals surface area contributed by atoms with E-state index in [0.29, 0.717) is 0 Å². The van der Waals surface area contributed by atoms with Crippen LogP contribution in [0.3, 0.4) is 0 Å². The number of rotatable bonds is 6. The number of hydrogen-bond acceptors (Lipinski definition) is 3. The van der Waals surface area contributed by atoms with Crippen LogP contribution in [0.1, 0.15) is 18.4 Å². The van der Waals surface area contributed by atoms with Crippen LogP contribution in [0.4, 0.5) is 0 Å². The Morgan fingerprint density at radius 1 is 1.38 bits per heavy atom. The molecular formula is C12H17NOSSi. The molecule has 0 atom stereocenters. The van der Waals surface area contributed by atoms with E-state index < -0.39 is 0 Å². The van der Waals surface area contributed by atoms with Gasteiger partial charge in [0, 0.05) is 6.61 Å². The van der Waals surface area contributed by atoms with Gasteiger partial charge in [0.15, 0.2) is 9.76 Å². The van der Waals surface area contributed by atoms with E-state index in [1.54, 1.807) is 0 Å². The quantitative estimate of drug-likeness (QED) is 0.582. The molecule has 0 aliphatic carbocycles. The van der Waals surface area contributed by atoms with E-state index in [-0.39, 0.29) is 9.76 Å². The molecule has 0 bridgehead atoms. The summed E-state index contributed by atoms with van der Waals surface area (Å²) in [6, 6.07) is 9.62. The van der Waals surface area contributed by atoms with Crippen LogP contribution < -0.4 is 0 Å². The zero-order valence-electron chi connectivity index (χ0n) is 9.61. The molecule has 0 spiro atoms. The molecule has 0 aliphatic rings. The van der Waals surface area contributed by atoms with Crippen LogP contribution in [-0.4, -0.2) is 21.4 Å². The molecule has 0 N–H and O–H groups in total. The minimum atomic E-state index is -0.257. The summed E-state index contributed by atoms with van der Waals surface area (Å²) in [7, 11) is -0.257. The first-order chi connectivity index (χ1) is 7.90. The molecule has 0 unspecified atom stereocenters. The monoisotopic (exact) mass is 251 g/mol. The molecule has 0 aliphatic heterocycles. The zero-order valence-corrected chi connectivity index (χ0v) is 11.8. The molecule has 1 aromatic heterocycles. The Labute approximate surface area is 103 Å². The van der Waals surface area contributed by atoms with Crippen LogP contribution in [0.5, 0.6) is 0 Å². The third-order valence-corrected chi connectivity index (χ3v) is 5.05. The summed E-state index contributed by atoms with van der Waals surface area (Å²) in [4.78, 5) is 4.62. The van der Waals surface area contributed by atoms with Crippen molar-refractivity contribution in [3.63, 3.8) is 0 Å². The Morgan fingerprint density at radius 2 is 2.25 bits per heavy atom. The first-order valence-corrected chi connectivity index (χ1v) is 8.21. The van der Waals surface area contributed by atoms with Crippen LogP contribution in [0.2, 0.25) is 6.04 Å². The summed E-state index contributed by atoms with van der Waals surface area (Å²) in [6.45, 7) is 2.95. The maximum absolute atomic E-state index is 5.45. The highest BCUT2D eigenvalue weighted by molar-refractivity contribution is 7.18. The summed E-state index contributed by atoms with van der Waals surface area (Å²) in [6.07, 6.45) is 2.34. The van der Waals surface area contributed by atoms with Crippen LogP contribution in [0, 0.1) is 0 Å². The fourth-order valence-electron chi connectivity index (χ4n) is 1.65. The topological polar surface area (TPSA) is 22.1 Å². The van der Waals surface area contributed by atoms with E-state index >= 15 is 0 Å². The van der Waals surface area contributed by atoms with Crippen LogP contribution in [0.15, 0.2) is 24.3 Å². The van der Waals surface area contributed by atoms with E-state index in [1.165, 1.54) is 22.2 Å². The standard InChI is InChI=1S/C12H17NOSSi/c1-2-14-16-9-5-8-12-13-10-6-3-4-7-11(10)15-12/h3-4,6-7H,2,5,8-9,16H2,1H3. The van der Waals surface area contributed by atoms with Crippen molar-refractivity contribution in [1.29, 1.82) is 0 Å². The zero-order chi connectivity index (χ0) is 11.2. The number of benzene rings is 1. The molecule has 2 rings (SSSR count). The fraction of sp³-hybridized carbons (Fsp3) is 0.417. The lowest BCUT2D eigenvalue weighted by atomic mass is 10.3. The highest BCUT2D eigenvalue weighted by atomic mass is 32.1. The SMILES string of the molecule is CCO[SiH2]CCCc1nc2ccccc2s1. The van der Waals surface area contributed by atoms with Gasteiger partial charge in [0.2, 0.25) is 0 Å². The Balaban J connectivity index is 1.85. The van der Waals surface area contributed by atoms with Crippen molar-refractivity contribution in [2.75, 3.05) is 6.61 Å². The number of hydrogen-bond donors (Lipinski definition) is 0. The molecule has 1 aromatic carbocycles. The molecule has 4 heteroatoms. The molecule has 0 radical (unpaired) electrons. The summed E-state index contributed by atoms with van der Waals surface area (Å²) in [5.74, 6) is 0. The van der Waals surface area contributed by atoms with E-state index in [0.717, 1.165) is 18.5 Å². The lowest BCUT2D eigenvalue weighted by molar-refractivity contribution is 0.359. The Hall–Kier alpha value is -0.713. The van der Waals surface area contributed by atoms with Crippen molar-refractivity contribution in [1.82, 2.24) is 4.98 Å². The van der Waals surface area contributed by atoms with E-state index in [9.17, 15) is 0 Å². The largest absolute Gasteiger partial charge is 0.424 e. The maximum Gasteiger partial charge on any atom is 0.161 e. The fourth-order valence-corrected chi connectivity index (χ4v) is 3.61. The lowest BCUT2D eigenvalue weighted by Crippen LogP contribution is -1.97. The van der Waals surface area contributed by atoms with Crippen LogP contribution >= 0.6 is 11.3 Å². The third-order valence-electron chi connectivity index (χ3n) is 2.47. The van der Waals surface area contributed by atoms with Gasteiger partial charge < -0.3 is 4.43 Å². The Bertz CT molecular complexity index is 410. The summed E-state index contributed by atoms with van der Waals surface area (Å²) in [5.41, 5.74) is 1.14. The molecule has 2 aromatic rings. The molecule has 0 amide bonds. The minimum Gasteiger partial charge on any atom is -0.424 e. The Kier molecular flexibility index (Phi) is 4.51. The second-order valence-electron chi connectivity index (χ2n) is 3.73. The van der Waals surface area contributed by atoms with Crippen molar-refractivity contribution in [3.05, 3.63) is 29.3 Å². The summed E-state index contributed by atoms with van der Waals surface area (Å²) < 4.78 is 6.76. The van der Waals surface area contributed by atoms with Gasteiger partial charge in [-0.15, -0.1) is 11.3 Å². The number of para-hydroxylation sites is 1. The van der Waals surface area contributed by atoms with Gasteiger partial charge in [-0.3, -0.25) is 0 Å². The summed E-state index contributed by atoms with van der Waals surface area (Å²) in [5, 5.41) is 1.27. The maximum atomic E-state index is 5.45. The van der Waals surface area contributed by atoms with Gasteiger partial charge >= 0.3 is 0 Å². The highest BCUT2D eigenvalue weighted by Gasteiger charge is 2.02. The van der Waals surface area contributed by atoms with E-state index in [2.05, 4.69) is 30.1 Å². The number of fused-ring (bicyclic) bond motifs is 1. The molecule has 0 fully saturated rings. The molecule has 2 nitrogen and oxygen atoms in total. The number of nitrogens with zero attached hydrogens (tertiary/aromatic N) is 1. The van der Waals surface area contributed by atoms with Crippen LogP contribution in [0.25, 0.3) is 10.2 Å². The van der Waals surface area contributed by atoms with Gasteiger partial charge in [0.1, 0.15) is 0 Å². The predicted molar refractivity (Wildman–Crippen MR) is 72.9 cm³/mol. The van der Waals surface area contributed by atoms with E-state index in [4.69, 9.17) is 4.43 Å². The average molecular weight is 251 g/mol. The predicted octanol–water partition coefficient (Wildman–Crippen LogP) is 2.77. The normalized spacial score (nSPS) is 11.8. The molecular weight excluding hydrogens is 234 g/mol. The van der Waals surface area contributed by atoms with Crippen molar-refractivity contribution in [2.45, 2.75) is 25.8 Å². The molecule has 16 heavy (non-hydrogen) atoms. The van der Waals surface area contributed by atoms with Gasteiger partial charge in [0.05, 0.1) is 15.2 Å². The average Bonchev–Trinajstić information content (AvgIpc) is 2.71. The lowest BCUT2D eigenvalue weighted by Gasteiger charge is -1.98. The van der Waals surface area contributed by atoms with Gasteiger partial charge in [0.25, 0.3) is 0 Å². The Morgan fingerprint density at radius 3 is 3.06 bits per heavy atom. The number of aromatic nitrogens is 1. The van der Waals surface area contributed by atoms with Crippen LogP contribution in [-0.2, 0) is 10.8 Å². The number of thiazole rings is 1. The van der Waals surface area contributed by atoms with Crippen molar-refractivity contribution < 1.29 is 4.43 Å². The van der Waals surface area contributed by atoms with Crippen molar-refractivity contribution >= 4 is 31.3 Å². The molecule has 86 valence electrons. The molecule has 1 heterocycles. The molecule has 0 saturated carbocycles. The van der Waals surface area contributed by atoms with Gasteiger partial charge in [-0.05, 0) is 37.9 Å². The highest BCUT2D eigenvalue weighted by Crippen LogP contribution is 2.22. The summed E-state index contributed by atoms with van der Waals surface area (Å²) >= 11 is 1.82. The second kappa shape index (κ2) is 6.13. The van der Waals surface area contributed by atoms with E-state index in [1.807, 2.05) is 17.4 Å². The number of aryl methyl sites for hydroxylation is 1. The molecule has 0 saturated heterocycles.